The van der Waals surface area contributed by atoms with Crippen molar-refractivity contribution in [1.29, 1.82) is 0 Å². The molecule has 2 heterocycles. The maximum atomic E-state index is 5.23. The van der Waals surface area contributed by atoms with Gasteiger partial charge in [0.1, 0.15) is 5.76 Å². The molecule has 2 fully saturated rings. The molecule has 1 aliphatic heterocycles. The summed E-state index contributed by atoms with van der Waals surface area (Å²) in [6.45, 7) is 8.67. The van der Waals surface area contributed by atoms with E-state index in [0.29, 0.717) is 0 Å². The first kappa shape index (κ1) is 12.2. The van der Waals surface area contributed by atoms with E-state index in [4.69, 9.17) is 4.52 Å². The number of rotatable bonds is 5. The summed E-state index contributed by atoms with van der Waals surface area (Å²) in [7, 11) is 0. The molecule has 100 valence electrons. The first-order valence-electron chi connectivity index (χ1n) is 7.10. The third kappa shape index (κ3) is 2.75. The standard InChI is InChI=1S/C14H23N3O/c1-10-14(11(2)18-16-10)9-17-6-5-12(8-17)7-15-13-3-4-13/h12-13,15H,3-9H2,1-2H3. The van der Waals surface area contributed by atoms with Crippen LogP contribution in [0.15, 0.2) is 4.52 Å². The predicted molar refractivity (Wildman–Crippen MR) is 70.4 cm³/mol. The van der Waals surface area contributed by atoms with E-state index in [1.54, 1.807) is 0 Å². The Hall–Kier alpha value is -0.870. The molecule has 1 saturated heterocycles. The van der Waals surface area contributed by atoms with Crippen LogP contribution < -0.4 is 5.32 Å². The lowest BCUT2D eigenvalue weighted by Gasteiger charge is -2.16. The van der Waals surface area contributed by atoms with Gasteiger partial charge < -0.3 is 9.84 Å². The molecular formula is C14H23N3O. The van der Waals surface area contributed by atoms with Crippen molar-refractivity contribution >= 4 is 0 Å². The average molecular weight is 249 g/mol. The summed E-state index contributed by atoms with van der Waals surface area (Å²) < 4.78 is 5.23. The van der Waals surface area contributed by atoms with Gasteiger partial charge in [0, 0.05) is 24.7 Å². The minimum absolute atomic E-state index is 0.825. The van der Waals surface area contributed by atoms with Crippen LogP contribution in [0.1, 0.15) is 36.3 Å². The molecule has 1 aliphatic carbocycles. The van der Waals surface area contributed by atoms with E-state index in [2.05, 4.69) is 15.4 Å². The molecule has 1 aromatic heterocycles. The molecule has 1 atom stereocenters. The lowest BCUT2D eigenvalue weighted by atomic mass is 10.1. The van der Waals surface area contributed by atoms with Gasteiger partial charge in [-0.1, -0.05) is 5.16 Å². The zero-order chi connectivity index (χ0) is 12.5. The van der Waals surface area contributed by atoms with Gasteiger partial charge in [0.05, 0.1) is 5.69 Å². The van der Waals surface area contributed by atoms with Crippen molar-refractivity contribution in [3.63, 3.8) is 0 Å². The molecule has 1 saturated carbocycles. The maximum Gasteiger partial charge on any atom is 0.138 e. The third-order valence-corrected chi connectivity index (χ3v) is 4.21. The molecule has 3 rings (SSSR count). The fourth-order valence-corrected chi connectivity index (χ4v) is 2.80. The van der Waals surface area contributed by atoms with Gasteiger partial charge in [-0.2, -0.15) is 0 Å². The molecule has 4 heteroatoms. The van der Waals surface area contributed by atoms with Crippen molar-refractivity contribution < 1.29 is 4.52 Å². The molecule has 0 bridgehead atoms. The van der Waals surface area contributed by atoms with Gasteiger partial charge >= 0.3 is 0 Å². The van der Waals surface area contributed by atoms with E-state index in [-0.39, 0.29) is 0 Å². The Morgan fingerprint density at radius 2 is 2.17 bits per heavy atom. The van der Waals surface area contributed by atoms with Crippen LogP contribution in [0.25, 0.3) is 0 Å². The smallest absolute Gasteiger partial charge is 0.138 e. The molecule has 4 nitrogen and oxygen atoms in total. The van der Waals surface area contributed by atoms with Crippen molar-refractivity contribution in [2.75, 3.05) is 19.6 Å². The summed E-state index contributed by atoms with van der Waals surface area (Å²) in [5.74, 6) is 1.80. The lowest BCUT2D eigenvalue weighted by molar-refractivity contribution is 0.310. The second kappa shape index (κ2) is 5.02. The largest absolute Gasteiger partial charge is 0.361 e. The van der Waals surface area contributed by atoms with Gasteiger partial charge in [-0.3, -0.25) is 4.90 Å². The number of nitrogens with zero attached hydrogens (tertiary/aromatic N) is 2. The van der Waals surface area contributed by atoms with Crippen molar-refractivity contribution in [3.8, 4) is 0 Å². The van der Waals surface area contributed by atoms with Crippen LogP contribution in [-0.2, 0) is 6.54 Å². The van der Waals surface area contributed by atoms with Crippen LogP contribution in [0.3, 0.4) is 0 Å². The van der Waals surface area contributed by atoms with Crippen molar-refractivity contribution in [2.45, 2.75) is 45.7 Å². The van der Waals surface area contributed by atoms with Gasteiger partial charge in [0.25, 0.3) is 0 Å². The highest BCUT2D eigenvalue weighted by molar-refractivity contribution is 5.20. The first-order valence-corrected chi connectivity index (χ1v) is 7.10. The normalized spacial score (nSPS) is 24.9. The average Bonchev–Trinajstić information content (AvgIpc) is 3.01. The van der Waals surface area contributed by atoms with Crippen LogP contribution in [0, 0.1) is 19.8 Å². The number of aromatic nitrogens is 1. The van der Waals surface area contributed by atoms with Gasteiger partial charge in [-0.05, 0) is 52.1 Å². The number of hydrogen-bond acceptors (Lipinski definition) is 4. The predicted octanol–water partition coefficient (Wildman–Crippen LogP) is 1.87. The van der Waals surface area contributed by atoms with Crippen LogP contribution in [-0.4, -0.2) is 35.7 Å². The maximum absolute atomic E-state index is 5.23. The van der Waals surface area contributed by atoms with Crippen molar-refractivity contribution in [1.82, 2.24) is 15.4 Å². The molecule has 0 spiro atoms. The minimum Gasteiger partial charge on any atom is -0.361 e. The molecule has 1 aromatic rings. The summed E-state index contributed by atoms with van der Waals surface area (Å²) >= 11 is 0. The zero-order valence-electron chi connectivity index (χ0n) is 11.4. The van der Waals surface area contributed by atoms with Gasteiger partial charge in [0.15, 0.2) is 0 Å². The van der Waals surface area contributed by atoms with Gasteiger partial charge in [-0.15, -0.1) is 0 Å². The molecule has 2 aliphatic rings. The van der Waals surface area contributed by atoms with E-state index < -0.39 is 0 Å². The topological polar surface area (TPSA) is 41.3 Å². The Labute approximate surface area is 109 Å². The molecule has 1 unspecified atom stereocenters. The van der Waals surface area contributed by atoms with E-state index >= 15 is 0 Å². The van der Waals surface area contributed by atoms with E-state index in [1.807, 2.05) is 13.8 Å². The van der Waals surface area contributed by atoms with E-state index in [1.165, 1.54) is 44.5 Å². The first-order chi connectivity index (χ1) is 8.72. The summed E-state index contributed by atoms with van der Waals surface area (Å²) in [4.78, 5) is 2.53. The van der Waals surface area contributed by atoms with Crippen LogP contribution in [0.2, 0.25) is 0 Å². The molecule has 18 heavy (non-hydrogen) atoms. The number of likely N-dealkylation sites (tertiary alicyclic amines) is 1. The SMILES string of the molecule is Cc1noc(C)c1CN1CCC(CNC2CC2)C1. The van der Waals surface area contributed by atoms with Gasteiger partial charge in [0.2, 0.25) is 0 Å². The Morgan fingerprint density at radius 3 is 2.83 bits per heavy atom. The lowest BCUT2D eigenvalue weighted by Crippen LogP contribution is -2.27. The quantitative estimate of drug-likeness (QED) is 0.865. The van der Waals surface area contributed by atoms with E-state index in [0.717, 1.165) is 30.0 Å². The van der Waals surface area contributed by atoms with Gasteiger partial charge in [-0.25, -0.2) is 0 Å². The summed E-state index contributed by atoms with van der Waals surface area (Å²) in [5, 5.41) is 7.67. The highest BCUT2D eigenvalue weighted by Crippen LogP contribution is 2.23. The highest BCUT2D eigenvalue weighted by atomic mass is 16.5. The Morgan fingerprint density at radius 1 is 1.33 bits per heavy atom. The van der Waals surface area contributed by atoms with Crippen LogP contribution >= 0.6 is 0 Å². The summed E-state index contributed by atoms with van der Waals surface area (Å²) in [5.41, 5.74) is 2.33. The molecular weight excluding hydrogens is 226 g/mol. The second-order valence-corrected chi connectivity index (χ2v) is 5.88. The minimum atomic E-state index is 0.825. The Bertz CT molecular complexity index is 392. The number of aryl methyl sites for hydroxylation is 2. The number of hydrogen-bond donors (Lipinski definition) is 1. The molecule has 0 aromatic carbocycles. The van der Waals surface area contributed by atoms with Crippen LogP contribution in [0.4, 0.5) is 0 Å². The molecule has 0 radical (unpaired) electrons. The highest BCUT2D eigenvalue weighted by Gasteiger charge is 2.27. The Balaban J connectivity index is 1.49. The van der Waals surface area contributed by atoms with Crippen LogP contribution in [0.5, 0.6) is 0 Å². The second-order valence-electron chi connectivity index (χ2n) is 5.88. The summed E-state index contributed by atoms with van der Waals surface area (Å²) in [6, 6.07) is 0.835. The monoisotopic (exact) mass is 249 g/mol. The molecule has 1 N–H and O–H groups in total. The number of nitrogens with one attached hydrogen (secondary N) is 1. The third-order valence-electron chi connectivity index (χ3n) is 4.21. The summed E-state index contributed by atoms with van der Waals surface area (Å²) in [6.07, 6.45) is 4.09. The Kier molecular flexibility index (Phi) is 3.39. The fourth-order valence-electron chi connectivity index (χ4n) is 2.80. The molecule has 0 amide bonds. The van der Waals surface area contributed by atoms with E-state index in [9.17, 15) is 0 Å². The van der Waals surface area contributed by atoms with Crippen molar-refractivity contribution in [3.05, 3.63) is 17.0 Å². The zero-order valence-corrected chi connectivity index (χ0v) is 11.4. The fraction of sp³-hybridized carbons (Fsp3) is 0.786. The van der Waals surface area contributed by atoms with Crippen molar-refractivity contribution in [2.24, 2.45) is 5.92 Å².